The number of rotatable bonds is 6. The van der Waals surface area contributed by atoms with E-state index in [9.17, 15) is 4.79 Å². The number of hydrogen-bond donors (Lipinski definition) is 2. The second-order valence-corrected chi connectivity index (χ2v) is 7.53. The monoisotopic (exact) mass is 438 g/mol. The molecule has 1 unspecified atom stereocenters. The molecule has 0 amide bonds. The van der Waals surface area contributed by atoms with Crippen LogP contribution in [-0.4, -0.2) is 17.7 Å². The van der Waals surface area contributed by atoms with Crippen LogP contribution in [0.3, 0.4) is 0 Å². The molecule has 3 rings (SSSR count). The molecule has 0 aliphatic rings. The average Bonchev–Trinajstić information content (AvgIpc) is 2.75. The molecule has 0 aromatic heterocycles. The van der Waals surface area contributed by atoms with Crippen LogP contribution in [0.5, 0.6) is 0 Å². The smallest absolute Gasteiger partial charge is 0.339 e. The molecule has 0 spiro atoms. The Morgan fingerprint density at radius 2 is 1.77 bits per heavy atom. The van der Waals surface area contributed by atoms with Gasteiger partial charge in [-0.05, 0) is 61.0 Å². The Labute approximate surface area is 187 Å². The van der Waals surface area contributed by atoms with E-state index in [2.05, 4.69) is 41.8 Å². The van der Waals surface area contributed by atoms with Gasteiger partial charge in [-0.25, -0.2) is 4.79 Å². The van der Waals surface area contributed by atoms with Gasteiger partial charge in [0.2, 0.25) is 0 Å². The minimum atomic E-state index is -0.466. The molecule has 0 saturated carbocycles. The maximum absolute atomic E-state index is 12.1. The zero-order valence-corrected chi connectivity index (χ0v) is 18.4. The van der Waals surface area contributed by atoms with Crippen molar-refractivity contribution in [2.75, 3.05) is 11.9 Å². The highest BCUT2D eigenvalue weighted by molar-refractivity contribution is 7.80. The lowest BCUT2D eigenvalue weighted by Gasteiger charge is -2.23. The lowest BCUT2D eigenvalue weighted by Crippen LogP contribution is -2.33. The lowest BCUT2D eigenvalue weighted by molar-refractivity contribution is 0.0526. The molecule has 4 nitrogen and oxygen atoms in total. The minimum absolute atomic E-state index is 0.121. The third-order valence-electron chi connectivity index (χ3n) is 4.63. The standard InChI is InChI=1S/C24H23ClN2O2S/c1-3-29-23(28)20-15-18(13-14-21(20)25)26-24(30)27-22(17-10-5-4-6-11-17)19-12-8-7-9-16(19)2/h4-15,22H,3H2,1-2H3,(H2,26,27,30). The van der Waals surface area contributed by atoms with E-state index in [4.69, 9.17) is 28.6 Å². The van der Waals surface area contributed by atoms with E-state index in [0.29, 0.717) is 21.4 Å². The summed E-state index contributed by atoms with van der Waals surface area (Å²) in [5.41, 5.74) is 4.34. The average molecular weight is 439 g/mol. The Morgan fingerprint density at radius 3 is 2.47 bits per heavy atom. The molecule has 0 heterocycles. The fourth-order valence-corrected chi connectivity index (χ4v) is 3.59. The number of esters is 1. The second-order valence-electron chi connectivity index (χ2n) is 6.71. The van der Waals surface area contributed by atoms with E-state index in [0.717, 1.165) is 16.7 Å². The molecular formula is C24H23ClN2O2S. The number of anilines is 1. The van der Waals surface area contributed by atoms with Crippen molar-refractivity contribution >= 4 is 40.6 Å². The number of carbonyl (C=O) groups excluding carboxylic acids is 1. The van der Waals surface area contributed by atoms with Gasteiger partial charge in [-0.2, -0.15) is 0 Å². The maximum Gasteiger partial charge on any atom is 0.339 e. The van der Waals surface area contributed by atoms with Gasteiger partial charge in [-0.1, -0.05) is 66.2 Å². The highest BCUT2D eigenvalue weighted by Crippen LogP contribution is 2.26. The van der Waals surface area contributed by atoms with Gasteiger partial charge in [-0.3, -0.25) is 0 Å². The van der Waals surface area contributed by atoms with E-state index in [1.54, 1.807) is 25.1 Å². The van der Waals surface area contributed by atoms with Crippen LogP contribution in [0.1, 0.15) is 40.0 Å². The highest BCUT2D eigenvalue weighted by atomic mass is 35.5. The first kappa shape index (κ1) is 21.8. The zero-order valence-electron chi connectivity index (χ0n) is 16.8. The van der Waals surface area contributed by atoms with Crippen LogP contribution in [0.25, 0.3) is 0 Å². The van der Waals surface area contributed by atoms with Crippen molar-refractivity contribution in [1.29, 1.82) is 0 Å². The van der Waals surface area contributed by atoms with Gasteiger partial charge < -0.3 is 15.4 Å². The van der Waals surface area contributed by atoms with Crippen molar-refractivity contribution in [3.63, 3.8) is 0 Å². The predicted octanol–water partition coefficient (Wildman–Crippen LogP) is 5.90. The van der Waals surface area contributed by atoms with Crippen molar-refractivity contribution < 1.29 is 9.53 Å². The van der Waals surface area contributed by atoms with Crippen LogP contribution in [0.4, 0.5) is 5.69 Å². The van der Waals surface area contributed by atoms with Crippen molar-refractivity contribution in [1.82, 2.24) is 5.32 Å². The van der Waals surface area contributed by atoms with E-state index in [1.807, 2.05) is 30.3 Å². The number of nitrogens with one attached hydrogen (secondary N) is 2. The largest absolute Gasteiger partial charge is 0.462 e. The fraction of sp³-hybridized carbons (Fsp3) is 0.167. The molecule has 0 bridgehead atoms. The van der Waals surface area contributed by atoms with Crippen LogP contribution in [0, 0.1) is 6.92 Å². The first-order chi connectivity index (χ1) is 14.5. The summed E-state index contributed by atoms with van der Waals surface area (Å²) in [7, 11) is 0. The predicted molar refractivity (Wildman–Crippen MR) is 126 cm³/mol. The van der Waals surface area contributed by atoms with E-state index < -0.39 is 5.97 Å². The van der Waals surface area contributed by atoms with Crippen LogP contribution in [-0.2, 0) is 4.74 Å². The Balaban J connectivity index is 1.83. The van der Waals surface area contributed by atoms with Gasteiger partial charge in [0.05, 0.1) is 23.2 Å². The Hall–Kier alpha value is -2.89. The molecule has 2 N–H and O–H groups in total. The van der Waals surface area contributed by atoms with Gasteiger partial charge in [0.25, 0.3) is 0 Å². The number of aryl methyl sites for hydroxylation is 1. The molecule has 0 aliphatic heterocycles. The van der Waals surface area contributed by atoms with Crippen LogP contribution < -0.4 is 10.6 Å². The van der Waals surface area contributed by atoms with Crippen molar-refractivity contribution in [2.24, 2.45) is 0 Å². The summed E-state index contributed by atoms with van der Waals surface area (Å²) in [5.74, 6) is -0.466. The molecule has 0 saturated heterocycles. The Morgan fingerprint density at radius 1 is 1.07 bits per heavy atom. The Kier molecular flexibility index (Phi) is 7.44. The van der Waals surface area contributed by atoms with Gasteiger partial charge in [0, 0.05) is 5.69 Å². The third-order valence-corrected chi connectivity index (χ3v) is 5.18. The summed E-state index contributed by atoms with van der Waals surface area (Å²) in [6.45, 7) is 4.11. The number of thiocarbonyl (C=S) groups is 1. The first-order valence-electron chi connectivity index (χ1n) is 9.64. The summed E-state index contributed by atoms with van der Waals surface area (Å²) >= 11 is 11.7. The quantitative estimate of drug-likeness (QED) is 0.370. The maximum atomic E-state index is 12.1. The van der Waals surface area contributed by atoms with Gasteiger partial charge in [0.15, 0.2) is 5.11 Å². The molecule has 30 heavy (non-hydrogen) atoms. The van der Waals surface area contributed by atoms with Crippen molar-refractivity contribution in [3.8, 4) is 0 Å². The SMILES string of the molecule is CCOC(=O)c1cc(NC(=S)NC(c2ccccc2)c2ccccc2C)ccc1Cl. The van der Waals surface area contributed by atoms with Crippen LogP contribution in [0.15, 0.2) is 72.8 Å². The van der Waals surface area contributed by atoms with Crippen LogP contribution >= 0.6 is 23.8 Å². The minimum Gasteiger partial charge on any atom is -0.462 e. The molecule has 0 fully saturated rings. The molecular weight excluding hydrogens is 416 g/mol. The number of hydrogen-bond acceptors (Lipinski definition) is 3. The van der Waals surface area contributed by atoms with E-state index in [1.165, 1.54) is 0 Å². The first-order valence-corrected chi connectivity index (χ1v) is 10.4. The van der Waals surface area contributed by atoms with Crippen LogP contribution in [0.2, 0.25) is 5.02 Å². The Bertz CT molecular complexity index is 1040. The number of halogens is 1. The summed E-state index contributed by atoms with van der Waals surface area (Å²) < 4.78 is 5.06. The number of benzene rings is 3. The highest BCUT2D eigenvalue weighted by Gasteiger charge is 2.18. The summed E-state index contributed by atoms with van der Waals surface area (Å²) in [6, 6.07) is 23.2. The van der Waals surface area contributed by atoms with Crippen molar-refractivity contribution in [3.05, 3.63) is 100 Å². The summed E-state index contributed by atoms with van der Waals surface area (Å²) in [4.78, 5) is 12.1. The molecule has 0 aliphatic carbocycles. The topological polar surface area (TPSA) is 50.4 Å². The number of ether oxygens (including phenoxy) is 1. The molecule has 6 heteroatoms. The van der Waals surface area contributed by atoms with Crippen molar-refractivity contribution in [2.45, 2.75) is 19.9 Å². The molecule has 0 radical (unpaired) electrons. The van der Waals surface area contributed by atoms with Gasteiger partial charge in [0.1, 0.15) is 0 Å². The van der Waals surface area contributed by atoms with Gasteiger partial charge >= 0.3 is 5.97 Å². The fourth-order valence-electron chi connectivity index (χ4n) is 3.16. The molecule has 154 valence electrons. The summed E-state index contributed by atoms with van der Waals surface area (Å²) in [6.07, 6.45) is 0. The van der Waals surface area contributed by atoms with Gasteiger partial charge in [-0.15, -0.1) is 0 Å². The second kappa shape index (κ2) is 10.2. The summed E-state index contributed by atoms with van der Waals surface area (Å²) in [5, 5.41) is 7.32. The molecule has 3 aromatic rings. The normalized spacial score (nSPS) is 11.4. The molecule has 1 atom stereocenters. The molecule has 3 aromatic carbocycles. The third kappa shape index (κ3) is 5.38. The zero-order chi connectivity index (χ0) is 21.5. The number of carbonyl (C=O) groups is 1. The lowest BCUT2D eigenvalue weighted by atomic mass is 9.95. The van der Waals surface area contributed by atoms with E-state index in [-0.39, 0.29) is 12.6 Å². The van der Waals surface area contributed by atoms with E-state index >= 15 is 0 Å².